The lowest BCUT2D eigenvalue weighted by Gasteiger charge is -2.24. The van der Waals surface area contributed by atoms with Gasteiger partial charge in [0.25, 0.3) is 0 Å². The van der Waals surface area contributed by atoms with Crippen LogP contribution in [-0.4, -0.2) is 42.9 Å². The van der Waals surface area contributed by atoms with Crippen molar-refractivity contribution in [1.82, 2.24) is 10.2 Å². The number of carbonyl (C=O) groups excluding carboxylic acids is 2. The molecule has 1 fully saturated rings. The number of nitrogens with one attached hydrogen (secondary N) is 1. The summed E-state index contributed by atoms with van der Waals surface area (Å²) < 4.78 is 0. The molecule has 5 nitrogen and oxygen atoms in total. The maximum atomic E-state index is 11.9. The molecule has 1 saturated heterocycles. The Labute approximate surface area is 90.0 Å². The topological polar surface area (TPSA) is 75.4 Å². The zero-order valence-corrected chi connectivity index (χ0v) is 9.16. The van der Waals surface area contributed by atoms with Crippen LogP contribution >= 0.6 is 0 Å². The number of nitrogens with zero attached hydrogens (tertiary/aromatic N) is 1. The number of carbonyl (C=O) groups is 2. The summed E-state index contributed by atoms with van der Waals surface area (Å²) in [6, 6.07) is 0. The number of amides is 2. The average Bonchev–Trinajstić information content (AvgIpc) is 2.44. The van der Waals surface area contributed by atoms with Gasteiger partial charge in [0, 0.05) is 32.6 Å². The van der Waals surface area contributed by atoms with E-state index in [-0.39, 0.29) is 17.7 Å². The van der Waals surface area contributed by atoms with Crippen LogP contribution in [0.5, 0.6) is 0 Å². The first-order chi connectivity index (χ1) is 7.19. The fraction of sp³-hybridized carbons (Fsp3) is 0.800. The smallest absolute Gasteiger partial charge is 0.227 e. The summed E-state index contributed by atoms with van der Waals surface area (Å²) in [7, 11) is 0. The Bertz CT molecular complexity index is 239. The molecule has 1 atom stereocenters. The van der Waals surface area contributed by atoms with Crippen LogP contribution in [-0.2, 0) is 9.59 Å². The lowest BCUT2D eigenvalue weighted by atomic mass is 10.1. The third-order valence-corrected chi connectivity index (χ3v) is 2.75. The Morgan fingerprint density at radius 3 is 2.93 bits per heavy atom. The monoisotopic (exact) mass is 213 g/mol. The first-order valence-electron chi connectivity index (χ1n) is 5.44. The van der Waals surface area contributed by atoms with Gasteiger partial charge in [-0.1, -0.05) is 6.92 Å². The van der Waals surface area contributed by atoms with Crippen LogP contribution in [0.1, 0.15) is 19.8 Å². The van der Waals surface area contributed by atoms with Gasteiger partial charge in [-0.05, 0) is 6.42 Å². The Balaban J connectivity index is 2.54. The zero-order chi connectivity index (χ0) is 11.3. The number of rotatable bonds is 3. The summed E-state index contributed by atoms with van der Waals surface area (Å²) in [5.74, 6) is 0.000740. The molecule has 5 heteroatoms. The van der Waals surface area contributed by atoms with Gasteiger partial charge < -0.3 is 16.0 Å². The van der Waals surface area contributed by atoms with Gasteiger partial charge in [0.05, 0.1) is 5.92 Å². The highest BCUT2D eigenvalue weighted by Crippen LogP contribution is 2.08. The maximum absolute atomic E-state index is 11.9. The second-order valence-electron chi connectivity index (χ2n) is 3.77. The van der Waals surface area contributed by atoms with Crippen LogP contribution in [0.25, 0.3) is 0 Å². The van der Waals surface area contributed by atoms with E-state index in [1.165, 1.54) is 0 Å². The number of hydrogen-bond donors (Lipinski definition) is 2. The zero-order valence-electron chi connectivity index (χ0n) is 9.16. The fourth-order valence-electron chi connectivity index (χ4n) is 1.69. The van der Waals surface area contributed by atoms with E-state index >= 15 is 0 Å². The molecule has 0 bridgehead atoms. The molecule has 0 spiro atoms. The van der Waals surface area contributed by atoms with Crippen molar-refractivity contribution < 1.29 is 9.59 Å². The minimum Gasteiger partial charge on any atom is -0.354 e. The SMILES string of the molecule is CCC(CN)C(=O)N1CCNC(=O)CC1. The first-order valence-corrected chi connectivity index (χ1v) is 5.44. The van der Waals surface area contributed by atoms with Gasteiger partial charge in [-0.15, -0.1) is 0 Å². The standard InChI is InChI=1S/C10H19N3O2/c1-2-8(7-11)10(15)13-5-3-9(14)12-4-6-13/h8H,2-7,11H2,1H3,(H,12,14). The summed E-state index contributed by atoms with van der Waals surface area (Å²) in [6.45, 7) is 4.00. The molecule has 1 heterocycles. The first kappa shape index (κ1) is 12.0. The van der Waals surface area contributed by atoms with Crippen molar-refractivity contribution in [3.05, 3.63) is 0 Å². The molecule has 1 aliphatic heterocycles. The highest BCUT2D eigenvalue weighted by Gasteiger charge is 2.23. The minimum absolute atomic E-state index is 0.0195. The molecule has 15 heavy (non-hydrogen) atoms. The molecule has 0 aliphatic carbocycles. The van der Waals surface area contributed by atoms with E-state index in [1.807, 2.05) is 6.92 Å². The molecule has 0 radical (unpaired) electrons. The summed E-state index contributed by atoms with van der Waals surface area (Å²) >= 11 is 0. The average molecular weight is 213 g/mol. The van der Waals surface area contributed by atoms with Gasteiger partial charge in [0.15, 0.2) is 0 Å². The molecule has 1 unspecified atom stereocenters. The highest BCUT2D eigenvalue weighted by molar-refractivity contribution is 5.81. The Morgan fingerprint density at radius 2 is 2.33 bits per heavy atom. The van der Waals surface area contributed by atoms with E-state index in [4.69, 9.17) is 5.73 Å². The molecule has 0 aromatic rings. The Hall–Kier alpha value is -1.10. The molecular formula is C10H19N3O2. The lowest BCUT2D eigenvalue weighted by molar-refractivity contribution is -0.135. The predicted molar refractivity (Wildman–Crippen MR) is 57.0 cm³/mol. The third kappa shape index (κ3) is 3.20. The van der Waals surface area contributed by atoms with E-state index in [2.05, 4.69) is 5.32 Å². The number of nitrogens with two attached hydrogens (primary N) is 1. The molecule has 2 amide bonds. The van der Waals surface area contributed by atoms with E-state index in [1.54, 1.807) is 4.90 Å². The van der Waals surface area contributed by atoms with Crippen LogP contribution in [0.15, 0.2) is 0 Å². The lowest BCUT2D eigenvalue weighted by Crippen LogP contribution is -2.40. The van der Waals surface area contributed by atoms with Crippen LogP contribution in [0.2, 0.25) is 0 Å². The van der Waals surface area contributed by atoms with Gasteiger partial charge in [-0.25, -0.2) is 0 Å². The van der Waals surface area contributed by atoms with Crippen LogP contribution in [0, 0.1) is 5.92 Å². The highest BCUT2D eigenvalue weighted by atomic mass is 16.2. The van der Waals surface area contributed by atoms with E-state index in [0.29, 0.717) is 32.6 Å². The second-order valence-corrected chi connectivity index (χ2v) is 3.77. The van der Waals surface area contributed by atoms with Crippen LogP contribution < -0.4 is 11.1 Å². The molecule has 0 aromatic carbocycles. The molecular weight excluding hydrogens is 194 g/mol. The minimum atomic E-state index is -0.0989. The Kier molecular flexibility index (Phi) is 4.55. The van der Waals surface area contributed by atoms with Crippen molar-refractivity contribution in [3.8, 4) is 0 Å². The van der Waals surface area contributed by atoms with Crippen molar-refractivity contribution >= 4 is 11.8 Å². The predicted octanol–water partition coefficient (Wildman–Crippen LogP) is -0.680. The van der Waals surface area contributed by atoms with Gasteiger partial charge in [0.2, 0.25) is 11.8 Å². The van der Waals surface area contributed by atoms with Crippen molar-refractivity contribution in [2.75, 3.05) is 26.2 Å². The van der Waals surface area contributed by atoms with Gasteiger partial charge in [0.1, 0.15) is 0 Å². The van der Waals surface area contributed by atoms with Crippen molar-refractivity contribution in [2.24, 2.45) is 11.7 Å². The van der Waals surface area contributed by atoms with Crippen LogP contribution in [0.3, 0.4) is 0 Å². The summed E-state index contributed by atoms with van der Waals surface area (Å²) in [4.78, 5) is 24.7. The van der Waals surface area contributed by atoms with E-state index in [9.17, 15) is 9.59 Å². The second kappa shape index (κ2) is 5.70. The summed E-state index contributed by atoms with van der Waals surface area (Å²) in [6.07, 6.45) is 1.15. The molecule has 0 saturated carbocycles. The summed E-state index contributed by atoms with van der Waals surface area (Å²) in [5, 5.41) is 2.74. The summed E-state index contributed by atoms with van der Waals surface area (Å²) in [5.41, 5.74) is 5.53. The van der Waals surface area contributed by atoms with E-state index in [0.717, 1.165) is 6.42 Å². The Morgan fingerprint density at radius 1 is 1.60 bits per heavy atom. The third-order valence-electron chi connectivity index (χ3n) is 2.75. The number of hydrogen-bond acceptors (Lipinski definition) is 3. The van der Waals surface area contributed by atoms with Crippen LogP contribution in [0.4, 0.5) is 0 Å². The molecule has 86 valence electrons. The van der Waals surface area contributed by atoms with Gasteiger partial charge >= 0.3 is 0 Å². The fourth-order valence-corrected chi connectivity index (χ4v) is 1.69. The normalized spacial score (nSPS) is 19.3. The van der Waals surface area contributed by atoms with Gasteiger partial charge in [-0.3, -0.25) is 9.59 Å². The van der Waals surface area contributed by atoms with E-state index < -0.39 is 0 Å². The quantitative estimate of drug-likeness (QED) is 0.652. The molecule has 1 rings (SSSR count). The van der Waals surface area contributed by atoms with Gasteiger partial charge in [-0.2, -0.15) is 0 Å². The van der Waals surface area contributed by atoms with Crippen molar-refractivity contribution in [1.29, 1.82) is 0 Å². The molecule has 3 N–H and O–H groups in total. The van der Waals surface area contributed by atoms with Crippen molar-refractivity contribution in [3.63, 3.8) is 0 Å². The largest absolute Gasteiger partial charge is 0.354 e. The maximum Gasteiger partial charge on any atom is 0.227 e. The van der Waals surface area contributed by atoms with Crippen molar-refractivity contribution in [2.45, 2.75) is 19.8 Å². The molecule has 0 aromatic heterocycles. The molecule has 1 aliphatic rings.